The molecule has 1 aromatic rings. The molecule has 82 valence electrons. The number of H-pyrrole nitrogens is 1. The van der Waals surface area contributed by atoms with Gasteiger partial charge in [-0.25, -0.2) is 4.79 Å². The van der Waals surface area contributed by atoms with E-state index in [1.54, 1.807) is 0 Å². The average molecular weight is 209 g/mol. The van der Waals surface area contributed by atoms with Crippen LogP contribution in [0.1, 0.15) is 23.9 Å². The van der Waals surface area contributed by atoms with Gasteiger partial charge in [0.2, 0.25) is 0 Å². The van der Waals surface area contributed by atoms with Crippen molar-refractivity contribution in [2.45, 2.75) is 18.9 Å². The van der Waals surface area contributed by atoms with Gasteiger partial charge in [0.15, 0.2) is 0 Å². The van der Waals surface area contributed by atoms with Crippen LogP contribution in [0.4, 0.5) is 0 Å². The van der Waals surface area contributed by atoms with Gasteiger partial charge >= 0.3 is 5.76 Å². The van der Waals surface area contributed by atoms with E-state index in [9.17, 15) is 4.79 Å². The second kappa shape index (κ2) is 3.50. The molecule has 2 N–H and O–H groups in total. The summed E-state index contributed by atoms with van der Waals surface area (Å²) in [6, 6.07) is 0.369. The van der Waals surface area contributed by atoms with Crippen LogP contribution in [0.3, 0.4) is 0 Å². The van der Waals surface area contributed by atoms with E-state index < -0.39 is 0 Å². The summed E-state index contributed by atoms with van der Waals surface area (Å²) in [7, 11) is 0. The molecule has 0 spiro atoms. The third-order valence-corrected chi connectivity index (χ3v) is 3.32. The Balaban J connectivity index is 1.85. The maximum absolute atomic E-state index is 11.1. The first kappa shape index (κ1) is 9.18. The van der Waals surface area contributed by atoms with Gasteiger partial charge in [-0.05, 0) is 6.42 Å². The van der Waals surface area contributed by atoms with Crippen LogP contribution in [0.25, 0.3) is 0 Å². The Morgan fingerprint density at radius 1 is 1.33 bits per heavy atom. The predicted octanol–water partition coefficient (Wildman–Crippen LogP) is -0.140. The predicted molar refractivity (Wildman–Crippen MR) is 54.8 cm³/mol. The van der Waals surface area contributed by atoms with E-state index in [1.165, 1.54) is 0 Å². The van der Waals surface area contributed by atoms with Gasteiger partial charge < -0.3 is 9.73 Å². The number of nitrogens with zero attached hydrogens (tertiary/aromatic N) is 1. The fourth-order valence-corrected chi connectivity index (χ4v) is 2.60. The molecule has 1 aliphatic carbocycles. The number of oxazole rings is 1. The molecule has 1 aromatic heterocycles. The minimum absolute atomic E-state index is 0.306. The summed E-state index contributed by atoms with van der Waals surface area (Å²) >= 11 is 0. The molecule has 1 fully saturated rings. The first-order valence-corrected chi connectivity index (χ1v) is 5.51. The van der Waals surface area contributed by atoms with Crippen molar-refractivity contribution in [3.05, 3.63) is 22.0 Å². The van der Waals surface area contributed by atoms with Gasteiger partial charge in [-0.15, -0.1) is 0 Å². The lowest BCUT2D eigenvalue weighted by Crippen LogP contribution is -2.44. The highest BCUT2D eigenvalue weighted by Gasteiger charge is 2.32. The molecule has 5 nitrogen and oxygen atoms in total. The summed E-state index contributed by atoms with van der Waals surface area (Å²) in [5.41, 5.74) is 1.02. The van der Waals surface area contributed by atoms with E-state index >= 15 is 0 Å². The second-order valence-electron chi connectivity index (χ2n) is 4.19. The SMILES string of the molecule is O=c1[nH]c2c(o1)CCC2N1CCNCC1. The maximum Gasteiger partial charge on any atom is 0.416 e. The highest BCUT2D eigenvalue weighted by molar-refractivity contribution is 5.19. The van der Waals surface area contributed by atoms with Gasteiger partial charge in [0.1, 0.15) is 5.76 Å². The minimum atomic E-state index is -0.306. The number of piperazine rings is 1. The highest BCUT2D eigenvalue weighted by atomic mass is 16.4. The van der Waals surface area contributed by atoms with Gasteiger partial charge in [0, 0.05) is 32.6 Å². The Bertz CT molecular complexity index is 403. The van der Waals surface area contributed by atoms with Crippen molar-refractivity contribution in [1.82, 2.24) is 15.2 Å². The van der Waals surface area contributed by atoms with E-state index in [2.05, 4.69) is 15.2 Å². The van der Waals surface area contributed by atoms with Gasteiger partial charge in [-0.1, -0.05) is 0 Å². The lowest BCUT2D eigenvalue weighted by molar-refractivity contribution is 0.170. The van der Waals surface area contributed by atoms with Crippen molar-refractivity contribution < 1.29 is 4.42 Å². The number of aromatic nitrogens is 1. The van der Waals surface area contributed by atoms with E-state index in [-0.39, 0.29) is 5.76 Å². The smallest absolute Gasteiger partial charge is 0.413 e. The number of rotatable bonds is 1. The third kappa shape index (κ3) is 1.52. The van der Waals surface area contributed by atoms with Gasteiger partial charge in [-0.2, -0.15) is 0 Å². The zero-order valence-electron chi connectivity index (χ0n) is 8.58. The minimum Gasteiger partial charge on any atom is -0.413 e. The molecule has 3 rings (SSSR count). The normalized spacial score (nSPS) is 26.8. The number of hydrogen-bond acceptors (Lipinski definition) is 4. The molecule has 1 aliphatic heterocycles. The van der Waals surface area contributed by atoms with Crippen LogP contribution in [0.2, 0.25) is 0 Å². The fourth-order valence-electron chi connectivity index (χ4n) is 2.60. The first-order valence-electron chi connectivity index (χ1n) is 5.51. The van der Waals surface area contributed by atoms with Crippen LogP contribution in [-0.2, 0) is 6.42 Å². The molecule has 1 unspecified atom stereocenters. The zero-order valence-corrected chi connectivity index (χ0v) is 8.58. The standard InChI is InChI=1S/C10H15N3O2/c14-10-12-9-7(1-2-8(9)15-10)13-5-3-11-4-6-13/h7,11H,1-6H2,(H,12,14). The topological polar surface area (TPSA) is 61.3 Å². The Morgan fingerprint density at radius 2 is 2.13 bits per heavy atom. The number of nitrogens with one attached hydrogen (secondary N) is 2. The summed E-state index contributed by atoms with van der Waals surface area (Å²) < 4.78 is 5.09. The molecule has 1 atom stereocenters. The van der Waals surface area contributed by atoms with Crippen LogP contribution >= 0.6 is 0 Å². The molecule has 2 aliphatic rings. The molecule has 0 radical (unpaired) electrons. The molecular weight excluding hydrogens is 194 g/mol. The molecule has 1 saturated heterocycles. The molecule has 2 heterocycles. The van der Waals surface area contributed by atoms with E-state index in [4.69, 9.17) is 4.42 Å². The zero-order chi connectivity index (χ0) is 10.3. The van der Waals surface area contributed by atoms with Gasteiger partial charge in [0.25, 0.3) is 0 Å². The number of fused-ring (bicyclic) bond motifs is 1. The van der Waals surface area contributed by atoms with Crippen molar-refractivity contribution in [2.75, 3.05) is 26.2 Å². The summed E-state index contributed by atoms with van der Waals surface area (Å²) in [4.78, 5) is 16.3. The maximum atomic E-state index is 11.1. The lowest BCUT2D eigenvalue weighted by Gasteiger charge is -2.32. The van der Waals surface area contributed by atoms with Crippen LogP contribution in [0, 0.1) is 0 Å². The molecule has 0 saturated carbocycles. The molecule has 0 aromatic carbocycles. The van der Waals surface area contributed by atoms with Crippen molar-refractivity contribution in [2.24, 2.45) is 0 Å². The Morgan fingerprint density at radius 3 is 2.93 bits per heavy atom. The number of aromatic amines is 1. The number of aryl methyl sites for hydroxylation is 1. The largest absolute Gasteiger partial charge is 0.416 e. The quantitative estimate of drug-likeness (QED) is 0.676. The van der Waals surface area contributed by atoms with Crippen molar-refractivity contribution in [1.29, 1.82) is 0 Å². The van der Waals surface area contributed by atoms with E-state index in [0.29, 0.717) is 6.04 Å². The lowest BCUT2D eigenvalue weighted by atomic mass is 10.2. The average Bonchev–Trinajstić information content (AvgIpc) is 2.77. The third-order valence-electron chi connectivity index (χ3n) is 3.32. The van der Waals surface area contributed by atoms with Crippen LogP contribution in [0.15, 0.2) is 9.21 Å². The van der Waals surface area contributed by atoms with Crippen LogP contribution in [0.5, 0.6) is 0 Å². The molecule has 5 heteroatoms. The molecule has 0 bridgehead atoms. The summed E-state index contributed by atoms with van der Waals surface area (Å²) in [5, 5.41) is 3.33. The van der Waals surface area contributed by atoms with Crippen LogP contribution in [-0.4, -0.2) is 36.1 Å². The number of hydrogen-bond donors (Lipinski definition) is 2. The Labute approximate surface area is 87.5 Å². The fraction of sp³-hybridized carbons (Fsp3) is 0.700. The van der Waals surface area contributed by atoms with E-state index in [0.717, 1.165) is 50.5 Å². The second-order valence-corrected chi connectivity index (χ2v) is 4.19. The highest BCUT2D eigenvalue weighted by Crippen LogP contribution is 2.33. The van der Waals surface area contributed by atoms with Gasteiger partial charge in [-0.3, -0.25) is 9.88 Å². The molecule has 15 heavy (non-hydrogen) atoms. The van der Waals surface area contributed by atoms with Crippen molar-refractivity contribution in [3.8, 4) is 0 Å². The molecular formula is C10H15N3O2. The van der Waals surface area contributed by atoms with Crippen molar-refractivity contribution >= 4 is 0 Å². The van der Waals surface area contributed by atoms with E-state index in [1.807, 2.05) is 0 Å². The summed E-state index contributed by atoms with van der Waals surface area (Å²) in [6.07, 6.45) is 1.97. The summed E-state index contributed by atoms with van der Waals surface area (Å²) in [6.45, 7) is 4.18. The van der Waals surface area contributed by atoms with Gasteiger partial charge in [0.05, 0.1) is 11.7 Å². The molecule has 0 amide bonds. The summed E-state index contributed by atoms with van der Waals surface area (Å²) in [5.74, 6) is 0.559. The van der Waals surface area contributed by atoms with Crippen LogP contribution < -0.4 is 11.1 Å². The Hall–Kier alpha value is -1.07. The Kier molecular flexibility index (Phi) is 2.14. The first-order chi connectivity index (χ1) is 7.34. The van der Waals surface area contributed by atoms with Crippen molar-refractivity contribution in [3.63, 3.8) is 0 Å². The monoisotopic (exact) mass is 209 g/mol.